The number of carboxylic acids is 1. The smallest absolute Gasteiger partial charge is 0.323 e. The van der Waals surface area contributed by atoms with Gasteiger partial charge in [-0.2, -0.15) is 0 Å². The Hall–Kier alpha value is -1.06. The molecule has 4 nitrogen and oxygen atoms in total. The molecule has 0 heterocycles. The number of ether oxygens (including phenoxy) is 1. The first-order chi connectivity index (χ1) is 9.90. The van der Waals surface area contributed by atoms with Gasteiger partial charge >= 0.3 is 11.9 Å². The van der Waals surface area contributed by atoms with Gasteiger partial charge in [0, 0.05) is 0 Å². The van der Waals surface area contributed by atoms with Crippen molar-refractivity contribution >= 4 is 11.9 Å². The molecule has 1 N–H and O–H groups in total. The summed E-state index contributed by atoms with van der Waals surface area (Å²) >= 11 is 0. The highest BCUT2D eigenvalue weighted by Gasteiger charge is 2.56. The van der Waals surface area contributed by atoms with Gasteiger partial charge in [-0.3, -0.25) is 9.59 Å². The highest BCUT2D eigenvalue weighted by atomic mass is 16.5. The molecule has 0 spiro atoms. The van der Waals surface area contributed by atoms with Crippen molar-refractivity contribution in [1.82, 2.24) is 0 Å². The Bertz CT molecular complexity index is 364. The third-order valence-electron chi connectivity index (χ3n) is 4.82. The van der Waals surface area contributed by atoms with Gasteiger partial charge in [0.2, 0.25) is 0 Å². The zero-order valence-corrected chi connectivity index (χ0v) is 13.9. The summed E-state index contributed by atoms with van der Waals surface area (Å²) in [4.78, 5) is 24.7. The monoisotopic (exact) mass is 298 g/mol. The maximum Gasteiger partial charge on any atom is 0.323 e. The summed E-state index contributed by atoms with van der Waals surface area (Å²) in [6.07, 6.45) is 5.27. The van der Waals surface area contributed by atoms with E-state index in [1.165, 1.54) is 0 Å². The standard InChI is InChI=1S/C17H30O4/c1-5-13-9-7-8-10-14(13)17(15(18)19,11-12(3)4)16(20)21-6-2/h12-14H,5-11H2,1-4H3,(H,18,19). The van der Waals surface area contributed by atoms with Crippen molar-refractivity contribution in [3.05, 3.63) is 0 Å². The molecule has 0 saturated heterocycles. The molecule has 1 aliphatic carbocycles. The predicted octanol–water partition coefficient (Wildman–Crippen LogP) is 3.88. The Morgan fingerprint density at radius 1 is 1.24 bits per heavy atom. The van der Waals surface area contributed by atoms with Gasteiger partial charge < -0.3 is 9.84 Å². The van der Waals surface area contributed by atoms with Gasteiger partial charge in [-0.05, 0) is 37.5 Å². The Morgan fingerprint density at radius 3 is 2.33 bits per heavy atom. The molecule has 0 radical (unpaired) electrons. The van der Waals surface area contributed by atoms with Crippen LogP contribution in [-0.4, -0.2) is 23.7 Å². The maximum absolute atomic E-state index is 12.6. The highest BCUT2D eigenvalue weighted by molar-refractivity contribution is 5.99. The largest absolute Gasteiger partial charge is 0.480 e. The summed E-state index contributed by atoms with van der Waals surface area (Å²) in [7, 11) is 0. The number of esters is 1. The molecule has 3 atom stereocenters. The molecular formula is C17H30O4. The van der Waals surface area contributed by atoms with Gasteiger partial charge in [-0.1, -0.05) is 46.5 Å². The predicted molar refractivity (Wildman–Crippen MR) is 81.9 cm³/mol. The first-order valence-corrected chi connectivity index (χ1v) is 8.30. The summed E-state index contributed by atoms with van der Waals surface area (Å²) in [6, 6.07) is 0. The number of carboxylic acid groups (broad SMARTS) is 1. The SMILES string of the molecule is CCOC(=O)C(CC(C)C)(C(=O)O)C1CCCCC1CC. The van der Waals surface area contributed by atoms with Crippen molar-refractivity contribution in [2.45, 2.75) is 66.2 Å². The molecule has 3 unspecified atom stereocenters. The minimum absolute atomic E-state index is 0.102. The maximum atomic E-state index is 12.6. The van der Waals surface area contributed by atoms with E-state index in [-0.39, 0.29) is 18.4 Å². The number of rotatable bonds is 7. The molecule has 0 aromatic carbocycles. The molecule has 1 saturated carbocycles. The first kappa shape index (κ1) is 18.0. The summed E-state index contributed by atoms with van der Waals surface area (Å²) < 4.78 is 5.20. The van der Waals surface area contributed by atoms with Crippen molar-refractivity contribution in [2.75, 3.05) is 6.61 Å². The summed E-state index contributed by atoms with van der Waals surface area (Å²) in [5.41, 5.74) is -1.37. The average Bonchev–Trinajstić information content (AvgIpc) is 2.44. The number of carbonyl (C=O) groups is 2. The molecule has 21 heavy (non-hydrogen) atoms. The van der Waals surface area contributed by atoms with Gasteiger partial charge in [0.25, 0.3) is 0 Å². The number of aliphatic carboxylic acids is 1. The average molecular weight is 298 g/mol. The summed E-state index contributed by atoms with van der Waals surface area (Å²) in [5, 5.41) is 9.93. The van der Waals surface area contributed by atoms with Crippen LogP contribution in [0.15, 0.2) is 0 Å². The van der Waals surface area contributed by atoms with Gasteiger partial charge in [-0.15, -0.1) is 0 Å². The van der Waals surface area contributed by atoms with Crippen molar-refractivity contribution < 1.29 is 19.4 Å². The number of hydrogen-bond acceptors (Lipinski definition) is 3. The van der Waals surface area contributed by atoms with Crippen molar-refractivity contribution in [3.63, 3.8) is 0 Å². The lowest BCUT2D eigenvalue weighted by Gasteiger charge is -2.42. The first-order valence-electron chi connectivity index (χ1n) is 8.30. The third-order valence-corrected chi connectivity index (χ3v) is 4.82. The van der Waals surface area contributed by atoms with Crippen LogP contribution < -0.4 is 0 Å². The van der Waals surface area contributed by atoms with Crippen LogP contribution in [0.4, 0.5) is 0 Å². The van der Waals surface area contributed by atoms with Crippen molar-refractivity contribution in [2.24, 2.45) is 23.2 Å². The van der Waals surface area contributed by atoms with E-state index < -0.39 is 17.4 Å². The van der Waals surface area contributed by atoms with Crippen LogP contribution in [0.2, 0.25) is 0 Å². The second kappa shape index (κ2) is 7.81. The molecule has 122 valence electrons. The Labute approximate surface area is 128 Å². The molecule has 0 bridgehead atoms. The van der Waals surface area contributed by atoms with Crippen LogP contribution >= 0.6 is 0 Å². The van der Waals surface area contributed by atoms with E-state index >= 15 is 0 Å². The van der Waals surface area contributed by atoms with Crippen LogP contribution in [0, 0.1) is 23.2 Å². The van der Waals surface area contributed by atoms with E-state index in [4.69, 9.17) is 4.74 Å². The molecule has 1 rings (SSSR count). The van der Waals surface area contributed by atoms with Crippen LogP contribution in [0.25, 0.3) is 0 Å². The van der Waals surface area contributed by atoms with E-state index in [0.717, 1.165) is 32.1 Å². The van der Waals surface area contributed by atoms with Crippen molar-refractivity contribution in [1.29, 1.82) is 0 Å². The van der Waals surface area contributed by atoms with Crippen LogP contribution in [0.3, 0.4) is 0 Å². The molecule has 0 aromatic rings. The molecule has 1 aliphatic rings. The quantitative estimate of drug-likeness (QED) is 0.572. The van der Waals surface area contributed by atoms with Crippen molar-refractivity contribution in [3.8, 4) is 0 Å². The summed E-state index contributed by atoms with van der Waals surface area (Å²) in [5.74, 6) is -1.19. The van der Waals surface area contributed by atoms with Crippen LogP contribution in [0.1, 0.15) is 66.2 Å². The molecule has 0 aromatic heterocycles. The number of carbonyl (C=O) groups excluding carboxylic acids is 1. The van der Waals surface area contributed by atoms with Crippen LogP contribution in [-0.2, 0) is 14.3 Å². The molecule has 4 heteroatoms. The zero-order chi connectivity index (χ0) is 16.0. The fourth-order valence-corrected chi connectivity index (χ4v) is 3.97. The zero-order valence-electron chi connectivity index (χ0n) is 13.9. The molecule has 0 aliphatic heterocycles. The Balaban J connectivity index is 3.25. The Morgan fingerprint density at radius 2 is 1.86 bits per heavy atom. The minimum Gasteiger partial charge on any atom is -0.480 e. The van der Waals surface area contributed by atoms with E-state index in [2.05, 4.69) is 6.92 Å². The van der Waals surface area contributed by atoms with Gasteiger partial charge in [0.1, 0.15) is 0 Å². The van der Waals surface area contributed by atoms with E-state index in [0.29, 0.717) is 12.3 Å². The lowest BCUT2D eigenvalue weighted by Crippen LogP contribution is -2.51. The lowest BCUT2D eigenvalue weighted by atomic mass is 9.60. The molecule has 0 amide bonds. The topological polar surface area (TPSA) is 63.6 Å². The lowest BCUT2D eigenvalue weighted by molar-refractivity contribution is -0.178. The molecule has 1 fully saturated rings. The van der Waals surface area contributed by atoms with E-state index in [1.54, 1.807) is 6.92 Å². The fourth-order valence-electron chi connectivity index (χ4n) is 3.97. The second-order valence-electron chi connectivity index (χ2n) is 6.65. The number of hydrogen-bond donors (Lipinski definition) is 1. The van der Waals surface area contributed by atoms with Gasteiger partial charge in [0.05, 0.1) is 6.61 Å². The van der Waals surface area contributed by atoms with Gasteiger partial charge in [-0.25, -0.2) is 0 Å². The fraction of sp³-hybridized carbons (Fsp3) is 0.882. The van der Waals surface area contributed by atoms with Crippen LogP contribution in [0.5, 0.6) is 0 Å². The van der Waals surface area contributed by atoms with E-state index in [1.807, 2.05) is 13.8 Å². The third kappa shape index (κ3) is 3.78. The Kier molecular flexibility index (Phi) is 6.69. The second-order valence-corrected chi connectivity index (χ2v) is 6.65. The summed E-state index contributed by atoms with van der Waals surface area (Å²) in [6.45, 7) is 8.01. The highest BCUT2D eigenvalue weighted by Crippen LogP contribution is 2.48. The van der Waals surface area contributed by atoms with Gasteiger partial charge in [0.15, 0.2) is 5.41 Å². The van der Waals surface area contributed by atoms with E-state index in [9.17, 15) is 14.7 Å². The minimum atomic E-state index is -1.37. The molecular weight excluding hydrogens is 268 g/mol. The normalized spacial score (nSPS) is 25.4.